The molecule has 6 nitrogen and oxygen atoms in total. The molecule has 1 heterocycles. The van der Waals surface area contributed by atoms with Crippen molar-refractivity contribution in [1.82, 2.24) is 9.62 Å². The number of benzene rings is 2. The van der Waals surface area contributed by atoms with Gasteiger partial charge in [-0.3, -0.25) is 4.79 Å². The molecule has 1 N–H and O–H groups in total. The van der Waals surface area contributed by atoms with Gasteiger partial charge in [0.05, 0.1) is 11.5 Å². The van der Waals surface area contributed by atoms with Crippen LogP contribution < -0.4 is 9.46 Å². The van der Waals surface area contributed by atoms with Crippen molar-refractivity contribution in [1.29, 1.82) is 0 Å². The van der Waals surface area contributed by atoms with Crippen LogP contribution in [0.25, 0.3) is 0 Å². The number of hydrogen-bond donors (Lipinski definition) is 1. The number of nitrogens with zero attached hydrogens (tertiary/aromatic N) is 1. The Bertz CT molecular complexity index is 939. The molecule has 29 heavy (non-hydrogen) atoms. The topological polar surface area (TPSA) is 75.7 Å². The second-order valence-electron chi connectivity index (χ2n) is 7.26. The molecular weight excluding hydrogens is 388 g/mol. The van der Waals surface area contributed by atoms with E-state index >= 15 is 0 Å². The van der Waals surface area contributed by atoms with Crippen molar-refractivity contribution in [3.8, 4) is 5.75 Å². The number of ether oxygens (including phenoxy) is 1. The Hall–Kier alpha value is -2.38. The largest absolute Gasteiger partial charge is 0.494 e. The third-order valence-electron chi connectivity index (χ3n) is 5.05. The Morgan fingerprint density at radius 3 is 2.45 bits per heavy atom. The summed E-state index contributed by atoms with van der Waals surface area (Å²) in [4.78, 5) is 14.9. The van der Waals surface area contributed by atoms with Gasteiger partial charge in [0, 0.05) is 13.1 Å². The summed E-state index contributed by atoms with van der Waals surface area (Å²) in [5.74, 6) is 0.484. The average Bonchev–Trinajstić information content (AvgIpc) is 3.24. The normalized spacial score (nSPS) is 15.3. The minimum absolute atomic E-state index is 0.130. The van der Waals surface area contributed by atoms with E-state index in [0.717, 1.165) is 24.0 Å². The first-order valence-corrected chi connectivity index (χ1v) is 11.5. The van der Waals surface area contributed by atoms with Crippen LogP contribution in [0.15, 0.2) is 53.4 Å². The van der Waals surface area contributed by atoms with Crippen molar-refractivity contribution in [2.75, 3.05) is 19.7 Å². The number of carbonyl (C=O) groups excluding carboxylic acids is 1. The maximum Gasteiger partial charge on any atom is 0.241 e. The van der Waals surface area contributed by atoms with Crippen LogP contribution in [0.2, 0.25) is 0 Å². The molecule has 1 amide bonds. The lowest BCUT2D eigenvalue weighted by molar-refractivity contribution is -0.131. The maximum absolute atomic E-state index is 13.1. The Kier molecular flexibility index (Phi) is 6.92. The maximum atomic E-state index is 13.1. The van der Waals surface area contributed by atoms with Crippen molar-refractivity contribution in [2.45, 2.75) is 44.0 Å². The molecular formula is C22H28N2O4S. The molecule has 0 aromatic heterocycles. The van der Waals surface area contributed by atoms with E-state index in [1.807, 2.05) is 37.3 Å². The fourth-order valence-electron chi connectivity index (χ4n) is 3.55. The Labute approximate surface area is 172 Å². The minimum Gasteiger partial charge on any atom is -0.494 e. The third-order valence-corrected chi connectivity index (χ3v) is 6.52. The first-order chi connectivity index (χ1) is 13.9. The molecule has 3 rings (SSSR count). The van der Waals surface area contributed by atoms with Crippen LogP contribution in [0.3, 0.4) is 0 Å². The van der Waals surface area contributed by atoms with E-state index in [0.29, 0.717) is 31.9 Å². The molecule has 0 spiro atoms. The molecule has 156 valence electrons. The van der Waals surface area contributed by atoms with Gasteiger partial charge < -0.3 is 9.64 Å². The van der Waals surface area contributed by atoms with E-state index in [1.54, 1.807) is 24.0 Å². The number of amides is 1. The van der Waals surface area contributed by atoms with Gasteiger partial charge in [0.15, 0.2) is 0 Å². The van der Waals surface area contributed by atoms with Gasteiger partial charge in [-0.2, -0.15) is 4.72 Å². The summed E-state index contributed by atoms with van der Waals surface area (Å²) in [6.45, 7) is 5.54. The fourth-order valence-corrected chi connectivity index (χ4v) is 4.82. The van der Waals surface area contributed by atoms with E-state index < -0.39 is 16.1 Å². The second kappa shape index (κ2) is 9.41. The first kappa shape index (κ1) is 21.3. The van der Waals surface area contributed by atoms with Gasteiger partial charge in [0.25, 0.3) is 0 Å². The third kappa shape index (κ3) is 5.36. The summed E-state index contributed by atoms with van der Waals surface area (Å²) >= 11 is 0. The highest BCUT2D eigenvalue weighted by Crippen LogP contribution is 2.22. The van der Waals surface area contributed by atoms with Crippen molar-refractivity contribution in [3.05, 3.63) is 59.7 Å². The van der Waals surface area contributed by atoms with E-state index in [9.17, 15) is 13.2 Å². The predicted octanol–water partition coefficient (Wildman–Crippen LogP) is 2.91. The summed E-state index contributed by atoms with van der Waals surface area (Å²) in [7, 11) is -3.86. The molecule has 7 heteroatoms. The van der Waals surface area contributed by atoms with Gasteiger partial charge in [0.1, 0.15) is 11.8 Å². The fraction of sp³-hybridized carbons (Fsp3) is 0.409. The quantitative estimate of drug-likeness (QED) is 0.718. The summed E-state index contributed by atoms with van der Waals surface area (Å²) < 4.78 is 34.2. The first-order valence-electron chi connectivity index (χ1n) is 9.99. The predicted molar refractivity (Wildman–Crippen MR) is 112 cm³/mol. The SMILES string of the molecule is CCOc1ccc(S(=O)(=O)N[C@H](Cc2ccccc2)C(=O)N2CCCC2)cc1C. The standard InChI is InChI=1S/C22H28N2O4S/c1-3-28-21-12-11-19(15-17(21)2)29(26,27)23-20(16-18-9-5-4-6-10-18)22(25)24-13-7-8-14-24/h4-6,9-12,15,20,23H,3,7-8,13-14,16H2,1-2H3/t20-/m1/s1. The highest BCUT2D eigenvalue weighted by molar-refractivity contribution is 7.89. The Morgan fingerprint density at radius 2 is 1.83 bits per heavy atom. The summed E-state index contributed by atoms with van der Waals surface area (Å²) in [5.41, 5.74) is 1.65. The van der Waals surface area contributed by atoms with Crippen LogP contribution in [-0.2, 0) is 21.2 Å². The number of nitrogens with one attached hydrogen (secondary N) is 1. The number of rotatable bonds is 8. The van der Waals surface area contributed by atoms with E-state index in [4.69, 9.17) is 4.74 Å². The number of hydrogen-bond acceptors (Lipinski definition) is 4. The molecule has 0 saturated carbocycles. The minimum atomic E-state index is -3.86. The van der Waals surface area contributed by atoms with Gasteiger partial charge in [0.2, 0.25) is 15.9 Å². The summed E-state index contributed by atoms with van der Waals surface area (Å²) in [6, 6.07) is 13.4. The summed E-state index contributed by atoms with van der Waals surface area (Å²) in [6.07, 6.45) is 2.22. The molecule has 2 aromatic rings. The van der Waals surface area contributed by atoms with Crippen molar-refractivity contribution < 1.29 is 17.9 Å². The van der Waals surface area contributed by atoms with Crippen LogP contribution in [-0.4, -0.2) is 45.0 Å². The van der Waals surface area contributed by atoms with Crippen LogP contribution in [0.4, 0.5) is 0 Å². The molecule has 1 atom stereocenters. The van der Waals surface area contributed by atoms with Gasteiger partial charge >= 0.3 is 0 Å². The van der Waals surface area contributed by atoms with Crippen molar-refractivity contribution in [3.63, 3.8) is 0 Å². The van der Waals surface area contributed by atoms with Crippen LogP contribution in [0.1, 0.15) is 30.9 Å². The second-order valence-corrected chi connectivity index (χ2v) is 8.97. The zero-order valence-corrected chi connectivity index (χ0v) is 17.7. The molecule has 0 bridgehead atoms. The zero-order valence-electron chi connectivity index (χ0n) is 16.9. The Morgan fingerprint density at radius 1 is 1.14 bits per heavy atom. The lowest BCUT2D eigenvalue weighted by Gasteiger charge is -2.24. The lowest BCUT2D eigenvalue weighted by atomic mass is 10.1. The highest BCUT2D eigenvalue weighted by Gasteiger charge is 2.31. The average molecular weight is 417 g/mol. The molecule has 1 saturated heterocycles. The molecule has 1 aliphatic rings. The van der Waals surface area contributed by atoms with Crippen LogP contribution in [0, 0.1) is 6.92 Å². The van der Waals surface area contributed by atoms with Crippen molar-refractivity contribution in [2.24, 2.45) is 0 Å². The van der Waals surface area contributed by atoms with E-state index in [1.165, 1.54) is 6.07 Å². The lowest BCUT2D eigenvalue weighted by Crippen LogP contribution is -2.48. The summed E-state index contributed by atoms with van der Waals surface area (Å²) in [5, 5.41) is 0. The molecule has 2 aromatic carbocycles. The van der Waals surface area contributed by atoms with Crippen LogP contribution in [0.5, 0.6) is 5.75 Å². The van der Waals surface area contributed by atoms with Gasteiger partial charge in [-0.05, 0) is 62.4 Å². The van der Waals surface area contributed by atoms with E-state index in [2.05, 4.69) is 4.72 Å². The molecule has 0 unspecified atom stereocenters. The monoisotopic (exact) mass is 416 g/mol. The molecule has 0 radical (unpaired) electrons. The van der Waals surface area contributed by atoms with Gasteiger partial charge in [-0.25, -0.2) is 8.42 Å². The van der Waals surface area contributed by atoms with E-state index in [-0.39, 0.29) is 10.8 Å². The molecule has 1 aliphatic heterocycles. The molecule has 0 aliphatic carbocycles. The Balaban J connectivity index is 1.85. The number of carbonyl (C=O) groups is 1. The van der Waals surface area contributed by atoms with Gasteiger partial charge in [-0.1, -0.05) is 30.3 Å². The smallest absolute Gasteiger partial charge is 0.241 e. The zero-order chi connectivity index (χ0) is 20.9. The number of sulfonamides is 1. The molecule has 1 fully saturated rings. The highest BCUT2D eigenvalue weighted by atomic mass is 32.2. The number of aryl methyl sites for hydroxylation is 1. The number of likely N-dealkylation sites (tertiary alicyclic amines) is 1. The van der Waals surface area contributed by atoms with Gasteiger partial charge in [-0.15, -0.1) is 0 Å². The van der Waals surface area contributed by atoms with Crippen molar-refractivity contribution >= 4 is 15.9 Å². The van der Waals surface area contributed by atoms with Crippen LogP contribution >= 0.6 is 0 Å².